The molecule has 0 bridgehead atoms. The molecule has 0 amide bonds. The minimum absolute atomic E-state index is 0.192. The Morgan fingerprint density at radius 3 is 2.93 bits per heavy atom. The number of rotatable bonds is 3. The van der Waals surface area contributed by atoms with Crippen LogP contribution >= 0.6 is 0 Å². The fourth-order valence-electron chi connectivity index (χ4n) is 0.999. The number of hydrogen-bond donors (Lipinski definition) is 0. The highest BCUT2D eigenvalue weighted by atomic mass is 16.5. The standard InChI is InChI=1S/C12H10O2/c1-3-9-14-12(13)11-8-6-5-7-10(11)4-2/h2-3,5-8H,1,9H2. The average Bonchev–Trinajstić information content (AvgIpc) is 2.25. The van der Waals surface area contributed by atoms with Crippen LogP contribution in [0.15, 0.2) is 36.9 Å². The Balaban J connectivity index is 2.90. The molecule has 0 aromatic heterocycles. The van der Waals surface area contributed by atoms with Crippen LogP contribution in [0, 0.1) is 12.3 Å². The van der Waals surface area contributed by atoms with Gasteiger partial charge in [0.25, 0.3) is 0 Å². The Morgan fingerprint density at radius 2 is 2.29 bits per heavy atom. The third kappa shape index (κ3) is 2.24. The third-order valence-electron chi connectivity index (χ3n) is 1.63. The van der Waals surface area contributed by atoms with E-state index in [-0.39, 0.29) is 6.61 Å². The molecule has 0 atom stereocenters. The molecule has 2 heteroatoms. The predicted molar refractivity (Wildman–Crippen MR) is 54.9 cm³/mol. The van der Waals surface area contributed by atoms with Crippen molar-refractivity contribution in [2.24, 2.45) is 0 Å². The van der Waals surface area contributed by atoms with Crippen molar-refractivity contribution in [2.45, 2.75) is 0 Å². The molecule has 0 heterocycles. The summed E-state index contributed by atoms with van der Waals surface area (Å²) in [6.07, 6.45) is 6.75. The summed E-state index contributed by atoms with van der Waals surface area (Å²) >= 11 is 0. The van der Waals surface area contributed by atoms with Crippen molar-refractivity contribution in [3.63, 3.8) is 0 Å². The molecular formula is C12H10O2. The van der Waals surface area contributed by atoms with Gasteiger partial charge >= 0.3 is 5.97 Å². The maximum atomic E-state index is 11.4. The number of benzene rings is 1. The van der Waals surface area contributed by atoms with E-state index in [4.69, 9.17) is 11.2 Å². The van der Waals surface area contributed by atoms with E-state index in [1.807, 2.05) is 0 Å². The number of terminal acetylenes is 1. The molecule has 0 aliphatic heterocycles. The van der Waals surface area contributed by atoms with Gasteiger partial charge in [0, 0.05) is 5.56 Å². The van der Waals surface area contributed by atoms with Gasteiger partial charge < -0.3 is 4.74 Å². The van der Waals surface area contributed by atoms with E-state index < -0.39 is 5.97 Å². The van der Waals surface area contributed by atoms with E-state index in [9.17, 15) is 4.79 Å². The van der Waals surface area contributed by atoms with Gasteiger partial charge in [-0.1, -0.05) is 30.7 Å². The van der Waals surface area contributed by atoms with Crippen LogP contribution in [0.3, 0.4) is 0 Å². The second-order valence-electron chi connectivity index (χ2n) is 2.58. The molecule has 1 aromatic rings. The van der Waals surface area contributed by atoms with E-state index in [0.29, 0.717) is 11.1 Å². The highest BCUT2D eigenvalue weighted by Gasteiger charge is 2.09. The first-order chi connectivity index (χ1) is 6.79. The van der Waals surface area contributed by atoms with Gasteiger partial charge in [0.05, 0.1) is 5.56 Å². The summed E-state index contributed by atoms with van der Waals surface area (Å²) in [4.78, 5) is 11.4. The molecule has 0 aliphatic rings. The van der Waals surface area contributed by atoms with Gasteiger partial charge in [0.15, 0.2) is 0 Å². The summed E-state index contributed by atoms with van der Waals surface area (Å²) in [5, 5.41) is 0. The van der Waals surface area contributed by atoms with Gasteiger partial charge in [0.2, 0.25) is 0 Å². The Morgan fingerprint density at radius 1 is 1.57 bits per heavy atom. The van der Waals surface area contributed by atoms with Crippen molar-refractivity contribution in [1.82, 2.24) is 0 Å². The number of hydrogen-bond acceptors (Lipinski definition) is 2. The summed E-state index contributed by atoms with van der Waals surface area (Å²) < 4.78 is 4.87. The molecule has 0 fully saturated rings. The van der Waals surface area contributed by atoms with Crippen molar-refractivity contribution in [3.8, 4) is 12.3 Å². The minimum atomic E-state index is -0.418. The zero-order chi connectivity index (χ0) is 10.4. The van der Waals surface area contributed by atoms with E-state index in [0.717, 1.165) is 0 Å². The molecular weight excluding hydrogens is 176 g/mol. The molecule has 0 N–H and O–H groups in total. The van der Waals surface area contributed by atoms with Gasteiger partial charge in [-0.3, -0.25) is 0 Å². The van der Waals surface area contributed by atoms with Crippen molar-refractivity contribution in [2.75, 3.05) is 6.61 Å². The fourth-order valence-corrected chi connectivity index (χ4v) is 0.999. The van der Waals surface area contributed by atoms with E-state index >= 15 is 0 Å². The van der Waals surface area contributed by atoms with E-state index in [1.165, 1.54) is 6.08 Å². The smallest absolute Gasteiger partial charge is 0.339 e. The van der Waals surface area contributed by atoms with Crippen molar-refractivity contribution >= 4 is 5.97 Å². The lowest BCUT2D eigenvalue weighted by Crippen LogP contribution is -2.06. The Bertz CT molecular complexity index is 386. The predicted octanol–water partition coefficient (Wildman–Crippen LogP) is 2.01. The zero-order valence-corrected chi connectivity index (χ0v) is 7.69. The lowest BCUT2D eigenvalue weighted by atomic mass is 10.1. The van der Waals surface area contributed by atoms with Crippen molar-refractivity contribution < 1.29 is 9.53 Å². The lowest BCUT2D eigenvalue weighted by molar-refractivity contribution is 0.0549. The van der Waals surface area contributed by atoms with Crippen LogP contribution in [0.5, 0.6) is 0 Å². The zero-order valence-electron chi connectivity index (χ0n) is 7.69. The number of carbonyl (C=O) groups excluding carboxylic acids is 1. The van der Waals surface area contributed by atoms with Crippen molar-refractivity contribution in [3.05, 3.63) is 48.0 Å². The molecule has 1 aromatic carbocycles. The van der Waals surface area contributed by atoms with Gasteiger partial charge in [-0.15, -0.1) is 6.42 Å². The Kier molecular flexibility index (Phi) is 3.51. The largest absolute Gasteiger partial charge is 0.458 e. The fraction of sp³-hybridized carbons (Fsp3) is 0.0833. The van der Waals surface area contributed by atoms with Crippen LogP contribution in [0.2, 0.25) is 0 Å². The van der Waals surface area contributed by atoms with E-state index in [1.54, 1.807) is 24.3 Å². The monoisotopic (exact) mass is 186 g/mol. The summed E-state index contributed by atoms with van der Waals surface area (Å²) in [7, 11) is 0. The van der Waals surface area contributed by atoms with Gasteiger partial charge in [-0.05, 0) is 12.1 Å². The molecule has 0 spiro atoms. The highest BCUT2D eigenvalue weighted by Crippen LogP contribution is 2.08. The van der Waals surface area contributed by atoms with Gasteiger partial charge in [-0.2, -0.15) is 0 Å². The maximum absolute atomic E-state index is 11.4. The normalized spacial score (nSPS) is 8.79. The molecule has 14 heavy (non-hydrogen) atoms. The first-order valence-electron chi connectivity index (χ1n) is 4.13. The van der Waals surface area contributed by atoms with Gasteiger partial charge in [-0.25, -0.2) is 4.79 Å². The molecule has 2 nitrogen and oxygen atoms in total. The van der Waals surface area contributed by atoms with Crippen LogP contribution in [0.1, 0.15) is 15.9 Å². The average molecular weight is 186 g/mol. The quantitative estimate of drug-likeness (QED) is 0.410. The number of esters is 1. The Hall–Kier alpha value is -2.01. The van der Waals surface area contributed by atoms with E-state index in [2.05, 4.69) is 12.5 Å². The number of ether oxygens (including phenoxy) is 1. The second kappa shape index (κ2) is 4.88. The topological polar surface area (TPSA) is 26.3 Å². The molecule has 0 aliphatic carbocycles. The first-order valence-corrected chi connectivity index (χ1v) is 4.13. The molecule has 0 radical (unpaired) electrons. The SMILES string of the molecule is C#Cc1ccccc1C(=O)OCC=C. The lowest BCUT2D eigenvalue weighted by Gasteiger charge is -2.03. The maximum Gasteiger partial charge on any atom is 0.339 e. The molecule has 70 valence electrons. The second-order valence-corrected chi connectivity index (χ2v) is 2.58. The Labute approximate surface area is 83.2 Å². The summed E-state index contributed by atoms with van der Waals surface area (Å²) in [5.74, 6) is 2.01. The van der Waals surface area contributed by atoms with Crippen LogP contribution in [-0.4, -0.2) is 12.6 Å². The summed E-state index contributed by atoms with van der Waals surface area (Å²) in [6, 6.07) is 6.86. The molecule has 0 saturated carbocycles. The molecule has 1 rings (SSSR count). The summed E-state index contributed by atoms with van der Waals surface area (Å²) in [6.45, 7) is 3.64. The van der Waals surface area contributed by atoms with Crippen molar-refractivity contribution in [1.29, 1.82) is 0 Å². The highest BCUT2D eigenvalue weighted by molar-refractivity contribution is 5.92. The molecule has 0 unspecified atom stereocenters. The van der Waals surface area contributed by atoms with Crippen LogP contribution < -0.4 is 0 Å². The van der Waals surface area contributed by atoms with Gasteiger partial charge in [0.1, 0.15) is 6.61 Å². The summed E-state index contributed by atoms with van der Waals surface area (Å²) in [5.41, 5.74) is 0.957. The van der Waals surface area contributed by atoms with Crippen LogP contribution in [0.4, 0.5) is 0 Å². The third-order valence-corrected chi connectivity index (χ3v) is 1.63. The molecule has 0 saturated heterocycles. The van der Waals surface area contributed by atoms with Crippen LogP contribution in [-0.2, 0) is 4.74 Å². The number of carbonyl (C=O) groups is 1. The van der Waals surface area contributed by atoms with Crippen LogP contribution in [0.25, 0.3) is 0 Å². The minimum Gasteiger partial charge on any atom is -0.458 e. The first kappa shape index (κ1) is 10.1.